The van der Waals surface area contributed by atoms with Crippen molar-refractivity contribution in [3.63, 3.8) is 0 Å². The molecule has 0 bridgehead atoms. The van der Waals surface area contributed by atoms with Crippen molar-refractivity contribution in [2.45, 2.75) is 4.17 Å². The van der Waals surface area contributed by atoms with Crippen LogP contribution in [-0.4, -0.2) is 31.4 Å². The van der Waals surface area contributed by atoms with Crippen molar-refractivity contribution < 1.29 is 14.2 Å². The molecule has 2 rings (SSSR count). The summed E-state index contributed by atoms with van der Waals surface area (Å²) in [6.07, 6.45) is 0. The van der Waals surface area contributed by atoms with Crippen molar-refractivity contribution in [2.75, 3.05) is 11.6 Å². The summed E-state index contributed by atoms with van der Waals surface area (Å²) >= 11 is 11.7. The van der Waals surface area contributed by atoms with Gasteiger partial charge in [0.1, 0.15) is 6.67 Å². The van der Waals surface area contributed by atoms with E-state index < -0.39 is 15.1 Å². The third kappa shape index (κ3) is 3.06. The lowest BCUT2D eigenvalue weighted by Gasteiger charge is -2.15. The van der Waals surface area contributed by atoms with Gasteiger partial charge in [-0.15, -0.1) is 4.41 Å². The molecule has 7 nitrogen and oxygen atoms in total. The molecule has 0 N–H and O–H groups in total. The molecule has 20 heavy (non-hydrogen) atoms. The lowest BCUT2D eigenvalue weighted by molar-refractivity contribution is -0.384. The van der Waals surface area contributed by atoms with Gasteiger partial charge in [0, 0.05) is 17.8 Å². The van der Waals surface area contributed by atoms with Crippen molar-refractivity contribution >= 4 is 52.6 Å². The van der Waals surface area contributed by atoms with E-state index in [4.69, 9.17) is 23.2 Å². The molecule has 0 atom stereocenters. The molecule has 2 amide bonds. The molecule has 0 saturated carbocycles. The number of carbonyl (C=O) groups is 1. The zero-order valence-corrected chi connectivity index (χ0v) is 12.0. The van der Waals surface area contributed by atoms with Crippen LogP contribution in [0.25, 0.3) is 0 Å². The van der Waals surface area contributed by atoms with E-state index in [0.29, 0.717) is 5.69 Å². The average Bonchev–Trinajstić information content (AvgIpc) is 2.67. The number of nitrogens with zero attached hydrogens (tertiary/aromatic N) is 4. The van der Waals surface area contributed by atoms with Crippen LogP contribution < -0.4 is 4.90 Å². The maximum Gasteiger partial charge on any atom is 0.370 e. The van der Waals surface area contributed by atoms with Crippen LogP contribution in [0.15, 0.2) is 24.3 Å². The molecule has 108 valence electrons. The molecule has 1 aromatic carbocycles. The van der Waals surface area contributed by atoms with Gasteiger partial charge in [0.05, 0.1) is 4.92 Å². The van der Waals surface area contributed by atoms with E-state index in [1.165, 1.54) is 24.3 Å². The van der Waals surface area contributed by atoms with E-state index in [2.05, 4.69) is 0 Å². The number of hydrogen-bond donors (Lipinski definition) is 0. The number of alkyl halides is 2. The second-order valence-electron chi connectivity index (χ2n) is 3.60. The highest BCUT2D eigenvalue weighted by molar-refractivity contribution is 8.00. The van der Waals surface area contributed by atoms with Crippen LogP contribution >= 0.6 is 35.1 Å². The van der Waals surface area contributed by atoms with Crippen LogP contribution in [0, 0.1) is 10.1 Å². The molecule has 1 saturated heterocycles. The Labute approximate surface area is 127 Å². The van der Waals surface area contributed by atoms with Crippen molar-refractivity contribution in [1.82, 2.24) is 9.65 Å². The topological polar surface area (TPSA) is 69.9 Å². The average molecular weight is 341 g/mol. The minimum atomic E-state index is -0.933. The van der Waals surface area contributed by atoms with Gasteiger partial charge in [-0.05, 0) is 24.1 Å². The van der Waals surface area contributed by atoms with Gasteiger partial charge >= 0.3 is 6.03 Å². The Kier molecular flexibility index (Phi) is 4.53. The number of nitro groups is 1. The van der Waals surface area contributed by atoms with Crippen molar-refractivity contribution in [3.8, 4) is 0 Å². The molecule has 1 aliphatic heterocycles. The van der Waals surface area contributed by atoms with Crippen LogP contribution in [0.3, 0.4) is 0 Å². The monoisotopic (exact) mass is 340 g/mol. The Morgan fingerprint density at radius 1 is 1.35 bits per heavy atom. The number of non-ortho nitro benzene ring substituents is 1. The Bertz CT molecular complexity index is 532. The zero-order valence-electron chi connectivity index (χ0n) is 9.65. The first kappa shape index (κ1) is 15.1. The number of halogens is 3. The molecule has 11 heteroatoms. The van der Waals surface area contributed by atoms with E-state index in [1.807, 2.05) is 0 Å². The summed E-state index contributed by atoms with van der Waals surface area (Å²) in [5.41, 5.74) is 0.206. The molecule has 0 aromatic heterocycles. The van der Waals surface area contributed by atoms with E-state index in [0.717, 1.165) is 21.3 Å². The number of nitro benzene ring substituents is 1. The highest BCUT2D eigenvalue weighted by Crippen LogP contribution is 2.33. The standard InChI is InChI=1S/C9H7Cl2FN4O3S/c10-8(11)20-14-5-13(9(17)15(14)12)6-1-3-7(4-2-6)16(18)19/h1-4,8H,5H2. The number of rotatable bonds is 4. The minimum Gasteiger partial charge on any atom is -0.275 e. The van der Waals surface area contributed by atoms with Crippen LogP contribution in [0.1, 0.15) is 0 Å². The summed E-state index contributed by atoms with van der Waals surface area (Å²) in [5, 5.41) is 10.4. The van der Waals surface area contributed by atoms with Gasteiger partial charge in [-0.3, -0.25) is 15.0 Å². The Balaban J connectivity index is 2.16. The number of carbonyl (C=O) groups excluding carboxylic acids is 1. The van der Waals surface area contributed by atoms with Crippen LogP contribution in [0.2, 0.25) is 0 Å². The van der Waals surface area contributed by atoms with E-state index >= 15 is 0 Å². The molecule has 1 aromatic rings. The summed E-state index contributed by atoms with van der Waals surface area (Å²) in [7, 11) is 0. The molecule has 0 unspecified atom stereocenters. The molecule has 0 aliphatic carbocycles. The number of amides is 2. The van der Waals surface area contributed by atoms with E-state index in [-0.39, 0.29) is 17.6 Å². The molecule has 1 fully saturated rings. The normalized spacial score (nSPS) is 16.3. The second kappa shape index (κ2) is 6.00. The minimum absolute atomic E-state index is 0.117. The summed E-state index contributed by atoms with van der Waals surface area (Å²) in [4.78, 5) is 22.8. The Hall–Kier alpha value is -1.29. The van der Waals surface area contributed by atoms with Crippen molar-refractivity contribution in [2.24, 2.45) is 0 Å². The van der Waals surface area contributed by atoms with Crippen LogP contribution in [0.5, 0.6) is 0 Å². The third-order valence-corrected chi connectivity index (χ3v) is 3.56. The summed E-state index contributed by atoms with van der Waals surface area (Å²) in [6.45, 7) is -0.117. The van der Waals surface area contributed by atoms with Gasteiger partial charge in [0.2, 0.25) is 0 Å². The summed E-state index contributed by atoms with van der Waals surface area (Å²) < 4.78 is 13.6. The van der Waals surface area contributed by atoms with Gasteiger partial charge in [0.25, 0.3) is 5.69 Å². The number of urea groups is 1. The van der Waals surface area contributed by atoms with Gasteiger partial charge in [-0.2, -0.15) is 0 Å². The third-order valence-electron chi connectivity index (χ3n) is 2.42. The molecule has 0 radical (unpaired) electrons. The lowest BCUT2D eigenvalue weighted by atomic mass is 10.2. The smallest absolute Gasteiger partial charge is 0.275 e. The summed E-state index contributed by atoms with van der Waals surface area (Å²) in [5.74, 6) is 0. The number of hydrazine groups is 1. The largest absolute Gasteiger partial charge is 0.370 e. The SMILES string of the molecule is O=C1N(c2ccc([N+](=O)[O-])cc2)CN(SC(Cl)Cl)N1F. The predicted molar refractivity (Wildman–Crippen MR) is 73.7 cm³/mol. The van der Waals surface area contributed by atoms with Gasteiger partial charge in [0.15, 0.2) is 4.17 Å². The maximum absolute atomic E-state index is 13.6. The van der Waals surface area contributed by atoms with Crippen molar-refractivity contribution in [3.05, 3.63) is 34.4 Å². The number of anilines is 1. The fraction of sp³-hybridized carbons (Fsp3) is 0.222. The van der Waals surface area contributed by atoms with Gasteiger partial charge in [-0.25, -0.2) is 4.79 Å². The Morgan fingerprint density at radius 3 is 2.45 bits per heavy atom. The number of hydrogen-bond acceptors (Lipinski definition) is 5. The fourth-order valence-corrected chi connectivity index (χ4v) is 2.62. The van der Waals surface area contributed by atoms with Gasteiger partial charge < -0.3 is 0 Å². The van der Waals surface area contributed by atoms with Crippen LogP contribution in [0.4, 0.5) is 20.7 Å². The summed E-state index contributed by atoms with van der Waals surface area (Å²) in [6, 6.07) is 4.24. The van der Waals surface area contributed by atoms with E-state index in [1.54, 1.807) is 0 Å². The van der Waals surface area contributed by atoms with Gasteiger partial charge in [-0.1, -0.05) is 32.9 Å². The molecule has 1 aliphatic rings. The highest BCUT2D eigenvalue weighted by atomic mass is 35.5. The lowest BCUT2D eigenvalue weighted by Crippen LogP contribution is -2.28. The maximum atomic E-state index is 13.6. The van der Waals surface area contributed by atoms with E-state index in [9.17, 15) is 19.4 Å². The predicted octanol–water partition coefficient (Wildman–Crippen LogP) is 3.31. The Morgan fingerprint density at radius 2 is 1.95 bits per heavy atom. The molecule has 1 heterocycles. The fourth-order valence-electron chi connectivity index (χ4n) is 1.55. The quantitative estimate of drug-likeness (QED) is 0.276. The van der Waals surface area contributed by atoms with Crippen molar-refractivity contribution in [1.29, 1.82) is 0 Å². The second-order valence-corrected chi connectivity index (χ2v) is 6.32. The zero-order chi connectivity index (χ0) is 14.9. The molecular weight excluding hydrogens is 334 g/mol. The highest BCUT2D eigenvalue weighted by Gasteiger charge is 2.39. The first-order valence-electron chi connectivity index (χ1n) is 5.14. The molecular formula is C9H7Cl2FN4O3S. The van der Waals surface area contributed by atoms with Crippen LogP contribution in [-0.2, 0) is 0 Å². The first-order valence-corrected chi connectivity index (χ1v) is 6.85. The number of benzene rings is 1. The molecule has 0 spiro atoms. The first-order chi connectivity index (χ1) is 9.40.